The van der Waals surface area contributed by atoms with Gasteiger partial charge in [-0.25, -0.2) is 9.37 Å². The number of thiazole rings is 1. The molecule has 5 rings (SSSR count). The number of fused-ring (bicyclic) bond motifs is 3. The number of carbonyl (C=O) groups is 1. The van der Waals surface area contributed by atoms with Crippen LogP contribution in [-0.4, -0.2) is 21.5 Å². The fourth-order valence-corrected chi connectivity index (χ4v) is 5.27. The van der Waals surface area contributed by atoms with Crippen LogP contribution in [-0.2, 0) is 24.2 Å². The maximum Gasteiger partial charge on any atom is 0.222 e. The molecule has 2 aromatic carbocycles. The molecule has 2 aromatic heterocycles. The van der Waals surface area contributed by atoms with E-state index in [0.717, 1.165) is 40.9 Å². The van der Waals surface area contributed by atoms with Gasteiger partial charge in [-0.05, 0) is 60.7 Å². The zero-order valence-corrected chi connectivity index (χ0v) is 19.1. The van der Waals surface area contributed by atoms with Crippen molar-refractivity contribution in [1.29, 1.82) is 0 Å². The van der Waals surface area contributed by atoms with Gasteiger partial charge in [-0.2, -0.15) is 0 Å². The van der Waals surface area contributed by atoms with Crippen LogP contribution in [0.1, 0.15) is 37.1 Å². The van der Waals surface area contributed by atoms with Crippen molar-refractivity contribution >= 4 is 28.1 Å². The van der Waals surface area contributed by atoms with E-state index in [9.17, 15) is 9.18 Å². The van der Waals surface area contributed by atoms with Crippen LogP contribution >= 0.6 is 11.3 Å². The number of nitrogens with one attached hydrogen (secondary N) is 1. The van der Waals surface area contributed by atoms with Crippen LogP contribution in [0.3, 0.4) is 0 Å². The number of hydrogen-bond acceptors (Lipinski definition) is 3. The van der Waals surface area contributed by atoms with E-state index in [-0.39, 0.29) is 23.7 Å². The maximum atomic E-state index is 13.8. The van der Waals surface area contributed by atoms with Gasteiger partial charge in [-0.15, -0.1) is 11.3 Å². The molecule has 164 valence electrons. The number of aromatic nitrogens is 2. The normalized spacial score (nSPS) is 15.8. The Morgan fingerprint density at radius 2 is 2.16 bits per heavy atom. The average molecular weight is 448 g/mol. The van der Waals surface area contributed by atoms with Crippen LogP contribution in [0.15, 0.2) is 54.0 Å². The van der Waals surface area contributed by atoms with Crippen molar-refractivity contribution in [3.63, 3.8) is 0 Å². The summed E-state index contributed by atoms with van der Waals surface area (Å²) in [6.07, 6.45) is 4.42. The summed E-state index contributed by atoms with van der Waals surface area (Å²) < 4.78 is 16.2. The first-order valence-corrected chi connectivity index (χ1v) is 12.0. The second-order valence-electron chi connectivity index (χ2n) is 8.81. The lowest BCUT2D eigenvalue weighted by Crippen LogP contribution is -2.41. The second-order valence-corrected chi connectivity index (χ2v) is 9.71. The van der Waals surface area contributed by atoms with Crippen LogP contribution in [0.5, 0.6) is 0 Å². The maximum absolute atomic E-state index is 13.8. The molecule has 4 nitrogen and oxygen atoms in total. The predicted molar refractivity (Wildman–Crippen MR) is 127 cm³/mol. The van der Waals surface area contributed by atoms with Gasteiger partial charge in [0.15, 0.2) is 0 Å². The topological polar surface area (TPSA) is 46.9 Å². The Kier molecular flexibility index (Phi) is 5.55. The number of rotatable bonds is 5. The molecule has 0 saturated heterocycles. The Hall–Kier alpha value is -2.99. The molecule has 1 aliphatic rings. The van der Waals surface area contributed by atoms with E-state index in [2.05, 4.69) is 33.1 Å². The number of benzene rings is 2. The highest BCUT2D eigenvalue weighted by atomic mass is 32.1. The van der Waals surface area contributed by atoms with Gasteiger partial charge < -0.3 is 9.88 Å². The highest BCUT2D eigenvalue weighted by Gasteiger charge is 2.27. The van der Waals surface area contributed by atoms with Gasteiger partial charge in [0.1, 0.15) is 10.8 Å². The summed E-state index contributed by atoms with van der Waals surface area (Å²) in [6, 6.07) is 13.5. The van der Waals surface area contributed by atoms with E-state index in [1.54, 1.807) is 23.5 Å². The van der Waals surface area contributed by atoms with Crippen molar-refractivity contribution in [2.75, 3.05) is 0 Å². The Labute approximate surface area is 191 Å². The second kappa shape index (κ2) is 8.51. The van der Waals surface area contributed by atoms with Crippen molar-refractivity contribution in [2.45, 2.75) is 45.7 Å². The standard InChI is InChI=1S/C26H26FN3OS/c1-16(2)25(31)29-20-7-9-24-22(14-20)21-13-18(26-28-10-11-32-26)6-8-23(21)30(24)15-17-4-3-5-19(27)12-17/h3-6,8,10-13,16,20H,7,9,14-15H2,1-2H3,(H,29,31). The molecule has 32 heavy (non-hydrogen) atoms. The van der Waals surface area contributed by atoms with Gasteiger partial charge in [-0.1, -0.05) is 26.0 Å². The van der Waals surface area contributed by atoms with Crippen LogP contribution in [0.25, 0.3) is 21.5 Å². The third-order valence-electron chi connectivity index (χ3n) is 6.25. The van der Waals surface area contributed by atoms with Gasteiger partial charge in [-0.3, -0.25) is 4.79 Å². The molecule has 1 aliphatic carbocycles. The van der Waals surface area contributed by atoms with Crippen molar-refractivity contribution in [1.82, 2.24) is 14.9 Å². The minimum atomic E-state index is -0.213. The third-order valence-corrected chi connectivity index (χ3v) is 7.07. The molecule has 0 aliphatic heterocycles. The first-order valence-electron chi connectivity index (χ1n) is 11.1. The summed E-state index contributed by atoms with van der Waals surface area (Å²) in [5.41, 5.74) is 5.77. The molecule has 0 spiro atoms. The highest BCUT2D eigenvalue weighted by Crippen LogP contribution is 2.36. The highest BCUT2D eigenvalue weighted by molar-refractivity contribution is 7.13. The quantitative estimate of drug-likeness (QED) is 0.434. The zero-order chi connectivity index (χ0) is 22.2. The third kappa shape index (κ3) is 3.95. The van der Waals surface area contributed by atoms with Crippen LogP contribution < -0.4 is 5.32 Å². The van der Waals surface area contributed by atoms with Crippen LogP contribution in [0.2, 0.25) is 0 Å². The predicted octanol–water partition coefficient (Wildman–Crippen LogP) is 5.58. The summed E-state index contributed by atoms with van der Waals surface area (Å²) in [5, 5.41) is 7.41. The molecular weight excluding hydrogens is 421 g/mol. The van der Waals surface area contributed by atoms with Crippen LogP contribution in [0.4, 0.5) is 4.39 Å². The lowest BCUT2D eigenvalue weighted by atomic mass is 9.90. The smallest absolute Gasteiger partial charge is 0.222 e. The first-order chi connectivity index (χ1) is 15.5. The number of halogens is 1. The van der Waals surface area contributed by atoms with Gasteiger partial charge >= 0.3 is 0 Å². The summed E-state index contributed by atoms with van der Waals surface area (Å²) in [6.45, 7) is 4.48. The molecule has 4 aromatic rings. The fraction of sp³-hybridized carbons (Fsp3) is 0.308. The van der Waals surface area contributed by atoms with E-state index in [4.69, 9.17) is 0 Å². The number of hydrogen-bond donors (Lipinski definition) is 1. The van der Waals surface area contributed by atoms with Crippen molar-refractivity contribution in [3.8, 4) is 10.6 Å². The van der Waals surface area contributed by atoms with Crippen LogP contribution in [0, 0.1) is 11.7 Å². The molecule has 0 bridgehead atoms. The molecule has 1 N–H and O–H groups in total. The summed E-state index contributed by atoms with van der Waals surface area (Å²) in [5.74, 6) is -0.136. The molecule has 1 amide bonds. The van der Waals surface area contributed by atoms with E-state index in [1.807, 2.05) is 31.5 Å². The average Bonchev–Trinajstić information content (AvgIpc) is 3.41. The molecule has 2 heterocycles. The van der Waals surface area contributed by atoms with Gasteiger partial charge in [0.05, 0.1) is 0 Å². The summed E-state index contributed by atoms with van der Waals surface area (Å²) in [4.78, 5) is 16.8. The SMILES string of the molecule is CC(C)C(=O)NC1CCc2c(c3cc(-c4nccs4)ccc3n2Cc2cccc(F)c2)C1. The minimum Gasteiger partial charge on any atom is -0.353 e. The zero-order valence-electron chi connectivity index (χ0n) is 18.3. The molecule has 0 fully saturated rings. The van der Waals surface area contributed by atoms with Crippen molar-refractivity contribution < 1.29 is 9.18 Å². The van der Waals surface area contributed by atoms with Gasteiger partial charge in [0.2, 0.25) is 5.91 Å². The van der Waals surface area contributed by atoms with E-state index in [1.165, 1.54) is 22.7 Å². The number of nitrogens with zero attached hydrogens (tertiary/aromatic N) is 2. The lowest BCUT2D eigenvalue weighted by Gasteiger charge is -2.26. The molecule has 1 unspecified atom stereocenters. The van der Waals surface area contributed by atoms with Crippen molar-refractivity contribution in [3.05, 3.63) is 76.7 Å². The molecule has 1 atom stereocenters. The lowest BCUT2D eigenvalue weighted by molar-refractivity contribution is -0.124. The fourth-order valence-electron chi connectivity index (χ4n) is 4.64. The Balaban J connectivity index is 1.59. The van der Waals surface area contributed by atoms with Gasteiger partial charge in [0.25, 0.3) is 0 Å². The number of amides is 1. The Bertz CT molecular complexity index is 1280. The summed E-state index contributed by atoms with van der Waals surface area (Å²) >= 11 is 1.63. The first kappa shape index (κ1) is 20.9. The van der Waals surface area contributed by atoms with E-state index >= 15 is 0 Å². The Morgan fingerprint density at radius 3 is 2.91 bits per heavy atom. The van der Waals surface area contributed by atoms with E-state index < -0.39 is 0 Å². The molecule has 0 saturated carbocycles. The van der Waals surface area contributed by atoms with E-state index in [0.29, 0.717) is 6.54 Å². The van der Waals surface area contributed by atoms with Crippen molar-refractivity contribution in [2.24, 2.45) is 5.92 Å². The summed E-state index contributed by atoms with van der Waals surface area (Å²) in [7, 11) is 0. The molecule has 6 heteroatoms. The molecular formula is C26H26FN3OS. The number of carbonyl (C=O) groups excluding carboxylic acids is 1. The monoisotopic (exact) mass is 447 g/mol. The minimum absolute atomic E-state index is 0.0257. The van der Waals surface area contributed by atoms with Gasteiger partial charge in [0, 0.05) is 52.2 Å². The largest absolute Gasteiger partial charge is 0.353 e. The molecule has 0 radical (unpaired) electrons. The Morgan fingerprint density at radius 1 is 1.28 bits per heavy atom.